The number of carbonyl (C=O) groups excluding carboxylic acids is 2. The van der Waals surface area contributed by atoms with Gasteiger partial charge >= 0.3 is 0 Å². The fraction of sp³-hybridized carbons (Fsp3) is 0.467. The molecular formula is C15H21Cl2N3O2. The molecule has 1 aromatic carbocycles. The van der Waals surface area contributed by atoms with Crippen LogP contribution in [0.25, 0.3) is 0 Å². The maximum absolute atomic E-state index is 12.2. The van der Waals surface area contributed by atoms with Gasteiger partial charge in [0.05, 0.1) is 23.3 Å². The van der Waals surface area contributed by atoms with Crippen LogP contribution < -0.4 is 10.6 Å². The molecule has 0 saturated heterocycles. The van der Waals surface area contributed by atoms with Gasteiger partial charge in [-0.1, -0.05) is 23.2 Å². The lowest BCUT2D eigenvalue weighted by Gasteiger charge is -2.24. The molecule has 22 heavy (non-hydrogen) atoms. The molecule has 2 N–H and O–H groups in total. The van der Waals surface area contributed by atoms with Gasteiger partial charge in [-0.2, -0.15) is 0 Å². The van der Waals surface area contributed by atoms with E-state index < -0.39 is 6.04 Å². The number of halogens is 2. The number of nitrogens with one attached hydrogen (secondary N) is 2. The molecular weight excluding hydrogens is 325 g/mol. The minimum Gasteiger partial charge on any atom is -0.353 e. The van der Waals surface area contributed by atoms with Gasteiger partial charge in [0.1, 0.15) is 0 Å². The number of rotatable bonds is 6. The van der Waals surface area contributed by atoms with E-state index in [9.17, 15) is 9.59 Å². The third-order valence-electron chi connectivity index (χ3n) is 3.07. The second-order valence-electron chi connectivity index (χ2n) is 5.43. The van der Waals surface area contributed by atoms with Crippen molar-refractivity contribution in [1.82, 2.24) is 10.2 Å². The fourth-order valence-electron chi connectivity index (χ4n) is 1.76. The van der Waals surface area contributed by atoms with Crippen molar-refractivity contribution in [2.75, 3.05) is 18.9 Å². The number of hydrogen-bond donors (Lipinski definition) is 2. The van der Waals surface area contributed by atoms with Crippen LogP contribution in [0.4, 0.5) is 5.69 Å². The molecule has 1 atom stereocenters. The molecule has 0 saturated carbocycles. The van der Waals surface area contributed by atoms with E-state index in [0.29, 0.717) is 15.7 Å². The third kappa shape index (κ3) is 5.83. The van der Waals surface area contributed by atoms with Gasteiger partial charge in [-0.25, -0.2) is 0 Å². The van der Waals surface area contributed by atoms with Crippen molar-refractivity contribution in [2.45, 2.75) is 32.9 Å². The highest BCUT2D eigenvalue weighted by molar-refractivity contribution is 6.36. The Kier molecular flexibility index (Phi) is 7.13. The van der Waals surface area contributed by atoms with Crippen LogP contribution in [-0.2, 0) is 9.59 Å². The predicted octanol–water partition coefficient (Wildman–Crippen LogP) is 2.78. The molecule has 0 aliphatic carbocycles. The second-order valence-corrected chi connectivity index (χ2v) is 6.27. The second kappa shape index (κ2) is 8.36. The summed E-state index contributed by atoms with van der Waals surface area (Å²) < 4.78 is 0. The van der Waals surface area contributed by atoms with Crippen LogP contribution in [0.2, 0.25) is 10.0 Å². The Labute approximate surface area is 141 Å². The van der Waals surface area contributed by atoms with Gasteiger partial charge in [0.15, 0.2) is 0 Å². The molecule has 0 aliphatic rings. The third-order valence-corrected chi connectivity index (χ3v) is 3.62. The Hall–Kier alpha value is -1.30. The number of benzene rings is 1. The Morgan fingerprint density at radius 2 is 1.86 bits per heavy atom. The van der Waals surface area contributed by atoms with Gasteiger partial charge in [0.2, 0.25) is 11.8 Å². The van der Waals surface area contributed by atoms with E-state index >= 15 is 0 Å². The highest BCUT2D eigenvalue weighted by atomic mass is 35.5. The van der Waals surface area contributed by atoms with Crippen LogP contribution in [-0.4, -0.2) is 42.4 Å². The molecule has 7 heteroatoms. The van der Waals surface area contributed by atoms with Crippen molar-refractivity contribution in [3.05, 3.63) is 28.2 Å². The average molecular weight is 346 g/mol. The van der Waals surface area contributed by atoms with Crippen LogP contribution in [0.5, 0.6) is 0 Å². The molecule has 0 aromatic heterocycles. The van der Waals surface area contributed by atoms with Crippen molar-refractivity contribution < 1.29 is 9.59 Å². The summed E-state index contributed by atoms with van der Waals surface area (Å²) in [6.45, 7) is 5.63. The minimum absolute atomic E-state index is 0.0675. The summed E-state index contributed by atoms with van der Waals surface area (Å²) in [6, 6.07) is 4.43. The first-order valence-corrected chi connectivity index (χ1v) is 7.71. The van der Waals surface area contributed by atoms with E-state index in [1.165, 1.54) is 0 Å². The van der Waals surface area contributed by atoms with E-state index in [1.807, 2.05) is 13.8 Å². The zero-order valence-corrected chi connectivity index (χ0v) is 14.6. The number of hydrogen-bond acceptors (Lipinski definition) is 3. The lowest BCUT2D eigenvalue weighted by molar-refractivity contribution is -0.125. The van der Waals surface area contributed by atoms with Crippen LogP contribution in [0.3, 0.4) is 0 Å². The van der Waals surface area contributed by atoms with E-state index in [0.717, 1.165) is 0 Å². The normalized spacial score (nSPS) is 12.4. The summed E-state index contributed by atoms with van der Waals surface area (Å²) >= 11 is 11.8. The summed E-state index contributed by atoms with van der Waals surface area (Å²) in [5, 5.41) is 6.38. The molecule has 5 nitrogen and oxygen atoms in total. The van der Waals surface area contributed by atoms with Crippen LogP contribution in [0.1, 0.15) is 20.8 Å². The maximum Gasteiger partial charge on any atom is 0.241 e. The van der Waals surface area contributed by atoms with E-state index in [2.05, 4.69) is 10.6 Å². The molecule has 1 aromatic rings. The molecule has 2 amide bonds. The molecule has 0 radical (unpaired) electrons. The van der Waals surface area contributed by atoms with Crippen molar-refractivity contribution >= 4 is 40.7 Å². The lowest BCUT2D eigenvalue weighted by Crippen LogP contribution is -2.46. The first-order chi connectivity index (χ1) is 10.2. The molecule has 122 valence electrons. The maximum atomic E-state index is 12.2. The molecule has 1 rings (SSSR count). The van der Waals surface area contributed by atoms with E-state index in [-0.39, 0.29) is 24.4 Å². The summed E-state index contributed by atoms with van der Waals surface area (Å²) in [7, 11) is 1.72. The number of nitrogens with zero attached hydrogens (tertiary/aromatic N) is 1. The quantitative estimate of drug-likeness (QED) is 0.833. The Balaban J connectivity index is 2.62. The van der Waals surface area contributed by atoms with Gasteiger partial charge in [-0.3, -0.25) is 14.5 Å². The topological polar surface area (TPSA) is 61.4 Å². The summed E-state index contributed by atoms with van der Waals surface area (Å²) in [6.07, 6.45) is 0. The average Bonchev–Trinajstić information content (AvgIpc) is 2.39. The highest BCUT2D eigenvalue weighted by Gasteiger charge is 2.21. The predicted molar refractivity (Wildman–Crippen MR) is 90.5 cm³/mol. The van der Waals surface area contributed by atoms with Gasteiger partial charge in [-0.05, 0) is 46.0 Å². The first kappa shape index (κ1) is 18.7. The molecule has 0 unspecified atom stereocenters. The first-order valence-electron chi connectivity index (χ1n) is 6.96. The van der Waals surface area contributed by atoms with E-state index in [4.69, 9.17) is 23.2 Å². The largest absolute Gasteiger partial charge is 0.353 e. The number of carbonyl (C=O) groups is 2. The molecule has 0 spiro atoms. The van der Waals surface area contributed by atoms with Crippen molar-refractivity contribution in [3.63, 3.8) is 0 Å². The smallest absolute Gasteiger partial charge is 0.241 e. The summed E-state index contributed by atoms with van der Waals surface area (Å²) in [5.74, 6) is -0.370. The standard InChI is InChI=1S/C15H21Cl2N3O2/c1-9(2)18-14(21)8-20(4)10(3)15(22)19-13-6-5-11(16)7-12(13)17/h5-7,9-10H,8H2,1-4H3,(H,18,21)(H,19,22)/t10-/m0/s1. The van der Waals surface area contributed by atoms with Gasteiger partial charge in [-0.15, -0.1) is 0 Å². The Bertz CT molecular complexity index is 550. The van der Waals surface area contributed by atoms with Gasteiger partial charge in [0, 0.05) is 11.1 Å². The molecule has 0 fully saturated rings. The van der Waals surface area contributed by atoms with Crippen LogP contribution in [0.15, 0.2) is 18.2 Å². The minimum atomic E-state index is -0.482. The molecule has 0 aliphatic heterocycles. The molecule has 0 bridgehead atoms. The summed E-state index contributed by atoms with van der Waals surface area (Å²) in [5.41, 5.74) is 0.489. The SMILES string of the molecule is CC(C)NC(=O)CN(C)[C@@H](C)C(=O)Nc1ccc(Cl)cc1Cl. The Morgan fingerprint density at radius 1 is 1.23 bits per heavy atom. The van der Waals surface area contributed by atoms with Crippen LogP contribution in [0, 0.1) is 0 Å². The van der Waals surface area contributed by atoms with Gasteiger partial charge in [0.25, 0.3) is 0 Å². The fourth-order valence-corrected chi connectivity index (χ4v) is 2.21. The molecule has 0 heterocycles. The van der Waals surface area contributed by atoms with Crippen LogP contribution >= 0.6 is 23.2 Å². The van der Waals surface area contributed by atoms with Gasteiger partial charge < -0.3 is 10.6 Å². The Morgan fingerprint density at radius 3 is 2.41 bits per heavy atom. The van der Waals surface area contributed by atoms with Crippen molar-refractivity contribution in [1.29, 1.82) is 0 Å². The number of anilines is 1. The van der Waals surface area contributed by atoms with Crippen molar-refractivity contribution in [2.24, 2.45) is 0 Å². The lowest BCUT2D eigenvalue weighted by atomic mass is 10.2. The summed E-state index contributed by atoms with van der Waals surface area (Å²) in [4.78, 5) is 25.6. The van der Waals surface area contributed by atoms with Crippen molar-refractivity contribution in [3.8, 4) is 0 Å². The zero-order chi connectivity index (χ0) is 16.9. The monoisotopic (exact) mass is 345 g/mol. The number of likely N-dealkylation sites (N-methyl/N-ethyl adjacent to an activating group) is 1. The zero-order valence-electron chi connectivity index (χ0n) is 13.1. The number of amides is 2. The highest BCUT2D eigenvalue weighted by Crippen LogP contribution is 2.25. The van der Waals surface area contributed by atoms with E-state index in [1.54, 1.807) is 37.1 Å².